The summed E-state index contributed by atoms with van der Waals surface area (Å²) < 4.78 is 5.37. The predicted octanol–water partition coefficient (Wildman–Crippen LogP) is 4.51. The summed E-state index contributed by atoms with van der Waals surface area (Å²) in [6.07, 6.45) is 4.83. The summed E-state index contributed by atoms with van der Waals surface area (Å²) in [5.41, 5.74) is 3.68. The van der Waals surface area contributed by atoms with Crippen molar-refractivity contribution in [2.75, 3.05) is 0 Å². The summed E-state index contributed by atoms with van der Waals surface area (Å²) in [6, 6.07) is 3.83. The van der Waals surface area contributed by atoms with Crippen LogP contribution in [0.1, 0.15) is 68.4 Å². The largest absolute Gasteiger partial charge is 0.426 e. The molecule has 0 N–H and O–H groups in total. The maximum Gasteiger partial charge on any atom is 0.308 e. The van der Waals surface area contributed by atoms with Gasteiger partial charge in [0, 0.05) is 29.7 Å². The van der Waals surface area contributed by atoms with Gasteiger partial charge in [0.25, 0.3) is 0 Å². The fourth-order valence-electron chi connectivity index (χ4n) is 4.34. The zero-order valence-electron chi connectivity index (χ0n) is 14.6. The van der Waals surface area contributed by atoms with Crippen LogP contribution in [0.5, 0.6) is 5.75 Å². The van der Waals surface area contributed by atoms with Gasteiger partial charge in [-0.05, 0) is 49.9 Å². The number of rotatable bonds is 1. The molecule has 2 atom stereocenters. The Bertz CT molecular complexity index is 743. The van der Waals surface area contributed by atoms with Crippen LogP contribution in [0.3, 0.4) is 0 Å². The van der Waals surface area contributed by atoms with E-state index in [0.717, 1.165) is 29.5 Å². The van der Waals surface area contributed by atoms with Crippen LogP contribution >= 0.6 is 0 Å². The molecular weight excluding hydrogens is 288 g/mol. The van der Waals surface area contributed by atoms with Gasteiger partial charge in [0.2, 0.25) is 0 Å². The van der Waals surface area contributed by atoms with E-state index in [-0.39, 0.29) is 22.6 Å². The van der Waals surface area contributed by atoms with Crippen molar-refractivity contribution in [2.24, 2.45) is 5.41 Å². The third kappa shape index (κ3) is 2.17. The fourth-order valence-corrected chi connectivity index (χ4v) is 4.34. The number of fused-ring (bicyclic) bond motifs is 3. The Morgan fingerprint density at radius 1 is 1.17 bits per heavy atom. The second-order valence-electron chi connectivity index (χ2n) is 7.45. The highest BCUT2D eigenvalue weighted by atomic mass is 16.5. The van der Waals surface area contributed by atoms with Gasteiger partial charge in [-0.25, -0.2) is 0 Å². The number of ketones is 1. The molecule has 0 fully saturated rings. The van der Waals surface area contributed by atoms with E-state index in [9.17, 15) is 9.59 Å². The Balaban J connectivity index is 2.24. The maximum atomic E-state index is 12.8. The molecule has 0 saturated heterocycles. The molecule has 23 heavy (non-hydrogen) atoms. The summed E-state index contributed by atoms with van der Waals surface area (Å²) >= 11 is 0. The van der Waals surface area contributed by atoms with Crippen LogP contribution in [0.2, 0.25) is 0 Å². The van der Waals surface area contributed by atoms with E-state index in [0.29, 0.717) is 12.2 Å². The molecule has 2 aliphatic rings. The Hall–Kier alpha value is -1.90. The summed E-state index contributed by atoms with van der Waals surface area (Å²) in [4.78, 5) is 24.2. The topological polar surface area (TPSA) is 43.4 Å². The zero-order chi connectivity index (χ0) is 17.0. The average molecular weight is 312 g/mol. The maximum absolute atomic E-state index is 12.8. The van der Waals surface area contributed by atoms with E-state index in [4.69, 9.17) is 4.74 Å². The molecular formula is C20H24O3. The normalized spacial score (nSPS) is 29.4. The fraction of sp³-hybridized carbons (Fsp3) is 0.500. The first-order valence-corrected chi connectivity index (χ1v) is 8.23. The Labute approximate surface area is 137 Å². The van der Waals surface area contributed by atoms with Crippen molar-refractivity contribution >= 4 is 11.8 Å². The number of carbonyl (C=O) groups excluding carboxylic acids is 2. The predicted molar refractivity (Wildman–Crippen MR) is 89.9 cm³/mol. The SMILES string of the molecule is CC(=O)Oc1cc2c(cc1C)C(=O)CC1(C)C(C)=CCCC21C. The van der Waals surface area contributed by atoms with Gasteiger partial charge in [0.15, 0.2) is 5.78 Å². The zero-order valence-corrected chi connectivity index (χ0v) is 14.6. The van der Waals surface area contributed by atoms with Gasteiger partial charge in [-0.1, -0.05) is 25.5 Å². The first-order valence-electron chi connectivity index (χ1n) is 8.23. The number of hydrogen-bond donors (Lipinski definition) is 0. The van der Waals surface area contributed by atoms with Crippen LogP contribution in [0, 0.1) is 12.3 Å². The molecule has 0 aromatic heterocycles. The van der Waals surface area contributed by atoms with Crippen LogP contribution in [0.15, 0.2) is 23.8 Å². The summed E-state index contributed by atoms with van der Waals surface area (Å²) in [5, 5.41) is 0. The summed E-state index contributed by atoms with van der Waals surface area (Å²) in [7, 11) is 0. The lowest BCUT2D eigenvalue weighted by atomic mass is 9.49. The number of esters is 1. The lowest BCUT2D eigenvalue weighted by Gasteiger charge is -2.53. The molecule has 0 bridgehead atoms. The first-order chi connectivity index (χ1) is 10.7. The summed E-state index contributed by atoms with van der Waals surface area (Å²) in [6.45, 7) is 9.88. The first kappa shape index (κ1) is 16.0. The lowest BCUT2D eigenvalue weighted by Crippen LogP contribution is -2.49. The molecule has 0 heterocycles. The van der Waals surface area contributed by atoms with Crippen LogP contribution in [-0.4, -0.2) is 11.8 Å². The molecule has 0 aliphatic heterocycles. The van der Waals surface area contributed by atoms with Crippen molar-refractivity contribution in [2.45, 2.75) is 59.3 Å². The van der Waals surface area contributed by atoms with E-state index in [1.807, 2.05) is 19.1 Å². The molecule has 1 aromatic rings. The minimum Gasteiger partial charge on any atom is -0.426 e. The van der Waals surface area contributed by atoms with Gasteiger partial charge in [0.1, 0.15) is 5.75 Å². The number of hydrogen-bond acceptors (Lipinski definition) is 3. The van der Waals surface area contributed by atoms with Crippen molar-refractivity contribution in [3.63, 3.8) is 0 Å². The number of ether oxygens (including phenoxy) is 1. The molecule has 3 rings (SSSR count). The van der Waals surface area contributed by atoms with Crippen LogP contribution in [0.25, 0.3) is 0 Å². The van der Waals surface area contributed by atoms with E-state index in [1.54, 1.807) is 0 Å². The van der Waals surface area contributed by atoms with Crippen LogP contribution in [-0.2, 0) is 10.2 Å². The Kier molecular flexibility index (Phi) is 3.51. The molecule has 0 amide bonds. The highest BCUT2D eigenvalue weighted by molar-refractivity contribution is 6.01. The molecule has 0 spiro atoms. The van der Waals surface area contributed by atoms with Crippen molar-refractivity contribution in [3.05, 3.63) is 40.5 Å². The number of benzene rings is 1. The van der Waals surface area contributed by atoms with Gasteiger partial charge >= 0.3 is 5.97 Å². The minimum atomic E-state index is -0.331. The number of aryl methyl sites for hydroxylation is 1. The molecule has 2 aliphatic carbocycles. The average Bonchev–Trinajstić information content (AvgIpc) is 2.45. The van der Waals surface area contributed by atoms with Crippen molar-refractivity contribution < 1.29 is 14.3 Å². The number of carbonyl (C=O) groups is 2. The minimum absolute atomic E-state index is 0.113. The van der Waals surface area contributed by atoms with E-state index < -0.39 is 0 Å². The third-order valence-electron chi connectivity index (χ3n) is 6.16. The number of Topliss-reactive ketones (excluding diaryl/α,β-unsaturated/α-hetero) is 1. The molecule has 0 radical (unpaired) electrons. The standard InChI is InChI=1S/C20H24O3/c1-12-9-15-16(10-18(12)23-14(3)21)19(4)8-6-7-13(2)20(19,5)11-17(15)22/h7,9-10H,6,8,11H2,1-5H3. The van der Waals surface area contributed by atoms with Gasteiger partial charge in [0.05, 0.1) is 0 Å². The van der Waals surface area contributed by atoms with Crippen LogP contribution < -0.4 is 4.74 Å². The Morgan fingerprint density at radius 3 is 2.52 bits per heavy atom. The molecule has 122 valence electrons. The van der Waals surface area contributed by atoms with E-state index >= 15 is 0 Å². The van der Waals surface area contributed by atoms with Gasteiger partial charge < -0.3 is 4.74 Å². The van der Waals surface area contributed by atoms with Crippen molar-refractivity contribution in [1.82, 2.24) is 0 Å². The van der Waals surface area contributed by atoms with Crippen molar-refractivity contribution in [3.8, 4) is 5.75 Å². The van der Waals surface area contributed by atoms with Crippen molar-refractivity contribution in [1.29, 1.82) is 0 Å². The van der Waals surface area contributed by atoms with Gasteiger partial charge in [-0.2, -0.15) is 0 Å². The smallest absolute Gasteiger partial charge is 0.308 e. The molecule has 3 nitrogen and oxygen atoms in total. The molecule has 3 heteroatoms. The van der Waals surface area contributed by atoms with E-state index in [1.165, 1.54) is 12.5 Å². The second kappa shape index (κ2) is 5.05. The second-order valence-corrected chi connectivity index (χ2v) is 7.45. The highest BCUT2D eigenvalue weighted by Gasteiger charge is 2.53. The monoisotopic (exact) mass is 312 g/mol. The Morgan fingerprint density at radius 2 is 1.87 bits per heavy atom. The third-order valence-corrected chi connectivity index (χ3v) is 6.16. The van der Waals surface area contributed by atoms with Crippen LogP contribution in [0.4, 0.5) is 0 Å². The molecule has 0 saturated carbocycles. The van der Waals surface area contributed by atoms with E-state index in [2.05, 4.69) is 26.8 Å². The number of allylic oxidation sites excluding steroid dienone is 2. The van der Waals surface area contributed by atoms with Gasteiger partial charge in [-0.3, -0.25) is 9.59 Å². The van der Waals surface area contributed by atoms with Gasteiger partial charge in [-0.15, -0.1) is 0 Å². The molecule has 2 unspecified atom stereocenters. The molecule has 1 aromatic carbocycles. The summed E-state index contributed by atoms with van der Waals surface area (Å²) in [5.74, 6) is 0.427. The lowest BCUT2D eigenvalue weighted by molar-refractivity contribution is -0.131. The quantitative estimate of drug-likeness (QED) is 0.435. The highest BCUT2D eigenvalue weighted by Crippen LogP contribution is 2.58.